The van der Waals surface area contributed by atoms with Crippen LogP contribution in [0.15, 0.2) is 17.3 Å². The zero-order valence-corrected chi connectivity index (χ0v) is 11.5. The van der Waals surface area contributed by atoms with Crippen molar-refractivity contribution in [1.82, 2.24) is 4.90 Å². The van der Waals surface area contributed by atoms with Crippen LogP contribution in [0.5, 0.6) is 0 Å². The lowest BCUT2D eigenvalue weighted by atomic mass is 10.1. The van der Waals surface area contributed by atoms with Gasteiger partial charge in [0.05, 0.1) is 10.6 Å². The molecule has 0 unspecified atom stereocenters. The van der Waals surface area contributed by atoms with E-state index in [1.54, 1.807) is 6.92 Å². The van der Waals surface area contributed by atoms with Gasteiger partial charge in [-0.3, -0.25) is 4.79 Å². The Morgan fingerprint density at radius 3 is 2.65 bits per heavy atom. The number of hydrogen-bond donors (Lipinski definition) is 2. The van der Waals surface area contributed by atoms with E-state index in [0.29, 0.717) is 0 Å². The predicted molar refractivity (Wildman–Crippen MR) is 71.0 cm³/mol. The van der Waals surface area contributed by atoms with E-state index in [9.17, 15) is 13.6 Å². The Kier molecular flexibility index (Phi) is 5.69. The summed E-state index contributed by atoms with van der Waals surface area (Å²) >= 11 is 5.43. The van der Waals surface area contributed by atoms with Crippen LogP contribution in [0.2, 0.25) is 5.02 Å². The van der Waals surface area contributed by atoms with E-state index >= 15 is 0 Å². The first-order valence-electron chi connectivity index (χ1n) is 5.80. The molecule has 0 saturated heterocycles. The van der Waals surface area contributed by atoms with Crippen LogP contribution in [0, 0.1) is 11.6 Å². The fraction of sp³-hybridized carbons (Fsp3) is 0.333. The fourth-order valence-corrected chi connectivity index (χ4v) is 1.71. The summed E-state index contributed by atoms with van der Waals surface area (Å²) in [7, 11) is 0. The summed E-state index contributed by atoms with van der Waals surface area (Å²) < 4.78 is 27.0. The number of carbonyl (C=O) groups excluding carboxylic acids is 1. The number of amides is 1. The molecule has 0 spiro atoms. The average molecular weight is 306 g/mol. The number of hydrogen-bond acceptors (Lipinski definition) is 3. The SMILES string of the molecule is CCN(CC/C(N)=N/O)C(=O)c1cc(F)c(Cl)cc1F. The molecule has 3 N–H and O–H groups in total. The van der Waals surface area contributed by atoms with Gasteiger partial charge in [-0.05, 0) is 19.1 Å². The van der Waals surface area contributed by atoms with Gasteiger partial charge in [-0.2, -0.15) is 0 Å². The van der Waals surface area contributed by atoms with Crippen LogP contribution in [-0.4, -0.2) is 34.9 Å². The largest absolute Gasteiger partial charge is 0.409 e. The molecule has 1 aromatic carbocycles. The lowest BCUT2D eigenvalue weighted by molar-refractivity contribution is 0.0763. The highest BCUT2D eigenvalue weighted by Crippen LogP contribution is 2.20. The van der Waals surface area contributed by atoms with Crippen LogP contribution in [-0.2, 0) is 0 Å². The molecular formula is C12H14ClF2N3O2. The molecule has 0 radical (unpaired) electrons. The summed E-state index contributed by atoms with van der Waals surface area (Å²) in [4.78, 5) is 13.3. The second-order valence-electron chi connectivity index (χ2n) is 3.97. The molecule has 110 valence electrons. The lowest BCUT2D eigenvalue weighted by Gasteiger charge is -2.21. The molecule has 5 nitrogen and oxygen atoms in total. The highest BCUT2D eigenvalue weighted by atomic mass is 35.5. The van der Waals surface area contributed by atoms with E-state index in [2.05, 4.69) is 5.16 Å². The van der Waals surface area contributed by atoms with Gasteiger partial charge < -0.3 is 15.8 Å². The minimum atomic E-state index is -0.899. The number of nitrogens with zero attached hydrogens (tertiary/aromatic N) is 2. The van der Waals surface area contributed by atoms with Crippen LogP contribution in [0.25, 0.3) is 0 Å². The van der Waals surface area contributed by atoms with Crippen LogP contribution in [0.3, 0.4) is 0 Å². The Morgan fingerprint density at radius 1 is 1.45 bits per heavy atom. The highest BCUT2D eigenvalue weighted by molar-refractivity contribution is 6.30. The smallest absolute Gasteiger partial charge is 0.256 e. The molecule has 1 rings (SSSR count). The van der Waals surface area contributed by atoms with Crippen molar-refractivity contribution in [2.24, 2.45) is 10.9 Å². The molecule has 20 heavy (non-hydrogen) atoms. The first-order chi connectivity index (χ1) is 9.40. The van der Waals surface area contributed by atoms with Crippen LogP contribution < -0.4 is 5.73 Å². The van der Waals surface area contributed by atoms with Gasteiger partial charge in [0.15, 0.2) is 0 Å². The summed E-state index contributed by atoms with van der Waals surface area (Å²) in [5.74, 6) is -2.52. The second kappa shape index (κ2) is 7.04. The van der Waals surface area contributed by atoms with E-state index in [1.807, 2.05) is 0 Å². The van der Waals surface area contributed by atoms with Crippen molar-refractivity contribution in [1.29, 1.82) is 0 Å². The first kappa shape index (κ1) is 16.2. The van der Waals surface area contributed by atoms with Crippen molar-refractivity contribution in [3.05, 3.63) is 34.4 Å². The molecule has 0 aliphatic rings. The van der Waals surface area contributed by atoms with Crippen molar-refractivity contribution in [3.63, 3.8) is 0 Å². The zero-order valence-electron chi connectivity index (χ0n) is 10.7. The van der Waals surface area contributed by atoms with Gasteiger partial charge in [0.25, 0.3) is 5.91 Å². The minimum absolute atomic E-state index is 0.0565. The molecule has 8 heteroatoms. The third-order valence-corrected chi connectivity index (χ3v) is 2.97. The normalized spacial score (nSPS) is 11.5. The van der Waals surface area contributed by atoms with Gasteiger partial charge in [-0.15, -0.1) is 0 Å². The number of rotatable bonds is 5. The maximum Gasteiger partial charge on any atom is 0.256 e. The maximum atomic E-state index is 13.7. The molecule has 0 aliphatic heterocycles. The molecule has 0 heterocycles. The average Bonchev–Trinajstić information content (AvgIpc) is 2.42. The van der Waals surface area contributed by atoms with E-state index in [4.69, 9.17) is 22.5 Å². The Bertz CT molecular complexity index is 538. The molecule has 0 fully saturated rings. The summed E-state index contributed by atoms with van der Waals surface area (Å²) in [5.41, 5.74) is 4.89. The van der Waals surface area contributed by atoms with E-state index in [1.165, 1.54) is 4.90 Å². The molecule has 1 aromatic rings. The Morgan fingerprint density at radius 2 is 2.10 bits per heavy atom. The molecular weight excluding hydrogens is 292 g/mol. The van der Waals surface area contributed by atoms with Gasteiger partial charge in [-0.1, -0.05) is 16.8 Å². The van der Waals surface area contributed by atoms with Crippen LogP contribution in [0.1, 0.15) is 23.7 Å². The van der Waals surface area contributed by atoms with Gasteiger partial charge >= 0.3 is 0 Å². The first-order valence-corrected chi connectivity index (χ1v) is 6.18. The van der Waals surface area contributed by atoms with Crippen molar-refractivity contribution in [3.8, 4) is 0 Å². The number of benzene rings is 1. The Hall–Kier alpha value is -1.89. The van der Waals surface area contributed by atoms with Crippen LogP contribution in [0.4, 0.5) is 8.78 Å². The Balaban J connectivity index is 2.94. The molecule has 1 amide bonds. The van der Waals surface area contributed by atoms with Gasteiger partial charge in [0, 0.05) is 19.5 Å². The minimum Gasteiger partial charge on any atom is -0.409 e. The topological polar surface area (TPSA) is 78.9 Å². The molecule has 0 bridgehead atoms. The van der Waals surface area contributed by atoms with Crippen molar-refractivity contribution in [2.45, 2.75) is 13.3 Å². The summed E-state index contributed by atoms with van der Waals surface area (Å²) in [5, 5.41) is 10.8. The summed E-state index contributed by atoms with van der Waals surface area (Å²) in [6, 6.07) is 1.51. The zero-order chi connectivity index (χ0) is 15.3. The van der Waals surface area contributed by atoms with Crippen LogP contribution >= 0.6 is 11.6 Å². The lowest BCUT2D eigenvalue weighted by Crippen LogP contribution is -2.34. The van der Waals surface area contributed by atoms with E-state index < -0.39 is 28.1 Å². The Labute approximate surface area is 119 Å². The van der Waals surface area contributed by atoms with E-state index in [-0.39, 0.29) is 25.3 Å². The van der Waals surface area contributed by atoms with Crippen molar-refractivity contribution < 1.29 is 18.8 Å². The molecule has 0 atom stereocenters. The predicted octanol–water partition coefficient (Wildman–Crippen LogP) is 2.22. The quantitative estimate of drug-likeness (QED) is 0.288. The standard InChI is InChI=1S/C12H14ClF2N3O2/c1-2-18(4-3-11(16)17-20)12(19)7-5-10(15)8(13)6-9(7)14/h5-6,20H,2-4H2,1H3,(H2,16,17). The number of amidine groups is 1. The molecule has 0 saturated carbocycles. The number of nitrogens with two attached hydrogens (primary N) is 1. The van der Waals surface area contributed by atoms with Gasteiger partial charge in [-0.25, -0.2) is 8.78 Å². The highest BCUT2D eigenvalue weighted by Gasteiger charge is 2.20. The monoisotopic (exact) mass is 305 g/mol. The third-order valence-electron chi connectivity index (χ3n) is 2.68. The van der Waals surface area contributed by atoms with Gasteiger partial charge in [0.2, 0.25) is 0 Å². The number of oxime groups is 1. The summed E-state index contributed by atoms with van der Waals surface area (Å²) in [6.45, 7) is 2.06. The molecule has 0 aliphatic carbocycles. The number of carbonyl (C=O) groups is 1. The van der Waals surface area contributed by atoms with Crippen molar-refractivity contribution in [2.75, 3.05) is 13.1 Å². The third kappa shape index (κ3) is 3.80. The molecule has 0 aromatic heterocycles. The maximum absolute atomic E-state index is 13.7. The second-order valence-corrected chi connectivity index (χ2v) is 4.38. The fourth-order valence-electron chi connectivity index (χ4n) is 1.56. The van der Waals surface area contributed by atoms with Crippen molar-refractivity contribution >= 4 is 23.3 Å². The summed E-state index contributed by atoms with van der Waals surface area (Å²) in [6.07, 6.45) is 0.119. The van der Waals surface area contributed by atoms with Gasteiger partial charge in [0.1, 0.15) is 17.5 Å². The van der Waals surface area contributed by atoms with E-state index in [0.717, 1.165) is 12.1 Å². The number of halogens is 3.